The van der Waals surface area contributed by atoms with Crippen LogP contribution in [-0.4, -0.2) is 51.8 Å². The number of carbonyl (C=O) groups is 3. The van der Waals surface area contributed by atoms with Crippen LogP contribution < -0.4 is 0 Å². The van der Waals surface area contributed by atoms with Gasteiger partial charge in [-0.05, 0) is 37.3 Å². The van der Waals surface area contributed by atoms with Crippen molar-refractivity contribution in [2.24, 2.45) is 35.0 Å². The molecule has 0 aliphatic heterocycles. The highest BCUT2D eigenvalue weighted by Gasteiger charge is 2.87. The second-order valence-corrected chi connectivity index (χ2v) is 15.9. The van der Waals surface area contributed by atoms with Crippen LogP contribution >= 0.6 is 0 Å². The number of unbranched alkanes of at least 4 members (excludes halogenated alkanes) is 12. The van der Waals surface area contributed by atoms with Crippen molar-refractivity contribution in [2.45, 2.75) is 168 Å². The van der Waals surface area contributed by atoms with Crippen molar-refractivity contribution in [3.63, 3.8) is 0 Å². The third kappa shape index (κ3) is 7.46. The number of rotatable bonds is 19. The number of esters is 2. The van der Waals surface area contributed by atoms with Crippen LogP contribution in [0, 0.1) is 35.0 Å². The van der Waals surface area contributed by atoms with E-state index in [2.05, 4.69) is 13.8 Å². The normalized spacial score (nSPS) is 33.6. The Morgan fingerprint density at radius 3 is 1.91 bits per heavy atom. The fraction of sp³-hybridized carbons (Fsp3) is 0.825. The van der Waals surface area contributed by atoms with Gasteiger partial charge in [0.15, 0.2) is 11.4 Å². The van der Waals surface area contributed by atoms with Gasteiger partial charge in [0, 0.05) is 47.8 Å². The highest BCUT2D eigenvalue weighted by Crippen LogP contribution is 2.77. The minimum atomic E-state index is -1.42. The molecule has 2 saturated carbocycles. The van der Waals surface area contributed by atoms with Crippen molar-refractivity contribution >= 4 is 17.7 Å². The number of hydrogen-bond donors (Lipinski definition) is 2. The molecule has 4 rings (SSSR count). The molecule has 0 unspecified atom stereocenters. The van der Waals surface area contributed by atoms with E-state index in [1.54, 1.807) is 6.92 Å². The van der Waals surface area contributed by atoms with Crippen LogP contribution in [0.3, 0.4) is 0 Å². The molecule has 4 aliphatic rings. The van der Waals surface area contributed by atoms with Gasteiger partial charge in [-0.15, -0.1) is 0 Å². The van der Waals surface area contributed by atoms with Crippen molar-refractivity contribution in [3.05, 3.63) is 23.3 Å². The minimum Gasteiger partial charge on any atom is -0.458 e. The molecule has 2 fully saturated rings. The lowest BCUT2D eigenvalue weighted by Crippen LogP contribution is -2.63. The van der Waals surface area contributed by atoms with Crippen molar-refractivity contribution in [1.29, 1.82) is 0 Å². The molecule has 0 radical (unpaired) electrons. The first-order valence-electron chi connectivity index (χ1n) is 19.1. The summed E-state index contributed by atoms with van der Waals surface area (Å²) >= 11 is 0. The van der Waals surface area contributed by atoms with Crippen molar-refractivity contribution < 1.29 is 34.1 Å². The summed E-state index contributed by atoms with van der Waals surface area (Å²) in [5.74, 6) is -3.03. The molecule has 0 bridgehead atoms. The number of aliphatic hydroxyl groups excluding tert-OH is 1. The molecule has 0 saturated heterocycles. The molecule has 2 N–H and O–H groups in total. The molecule has 0 spiro atoms. The third-order valence-electron chi connectivity index (χ3n) is 12.4. The summed E-state index contributed by atoms with van der Waals surface area (Å²) in [5, 5.41) is 23.3. The van der Waals surface area contributed by atoms with Crippen molar-refractivity contribution in [3.8, 4) is 0 Å². The van der Waals surface area contributed by atoms with Gasteiger partial charge in [-0.25, -0.2) is 0 Å². The third-order valence-corrected chi connectivity index (χ3v) is 12.4. The van der Waals surface area contributed by atoms with E-state index in [0.717, 1.165) is 44.1 Å². The summed E-state index contributed by atoms with van der Waals surface area (Å²) in [6.45, 7) is 12.0. The lowest BCUT2D eigenvalue weighted by Gasteiger charge is -2.52. The van der Waals surface area contributed by atoms with Crippen LogP contribution in [0.2, 0.25) is 0 Å². The Labute approximate surface area is 284 Å². The fourth-order valence-corrected chi connectivity index (χ4v) is 9.65. The first kappa shape index (κ1) is 37.8. The Morgan fingerprint density at radius 2 is 1.36 bits per heavy atom. The van der Waals surface area contributed by atoms with Crippen molar-refractivity contribution in [2.75, 3.05) is 6.61 Å². The summed E-state index contributed by atoms with van der Waals surface area (Å²) in [6.07, 6.45) is 19.2. The SMILES string of the molecule is CCCCCCCCCC(=O)O[C@@H]1[C@@H](C)[C@]2(O)[C@@H]3C=C(C)C(=O)[C@@H]3CC(CO)=C[C@H]2[C@@H]2C(C)(C)[C@]12OC(=O)CCCCCCCCC. The first-order valence-corrected chi connectivity index (χ1v) is 19.1. The number of ketones is 1. The standard InChI is InChI=1S/C40H64O7/c1-7-9-11-13-15-17-19-21-33(42)46-37-28(4)39(45)31-23-27(3)35(44)30(31)24-29(26-41)25-32(39)36-38(5,6)40(36,37)47-34(43)22-20-18-16-14-12-10-8-2/h23,25,28,30-32,36-37,41,45H,7-22,24,26H2,1-6H3/t28-,30-,31-,32+,36-,37-,39+,40-/m1/s1. The zero-order valence-corrected chi connectivity index (χ0v) is 30.3. The van der Waals surface area contributed by atoms with E-state index >= 15 is 0 Å². The Bertz CT molecular complexity index is 1170. The minimum absolute atomic E-state index is 0.00359. The van der Waals surface area contributed by atoms with E-state index in [1.165, 1.54) is 51.4 Å². The highest BCUT2D eigenvalue weighted by atomic mass is 16.6. The quantitative estimate of drug-likeness (QED) is 0.0819. The summed E-state index contributed by atoms with van der Waals surface area (Å²) in [7, 11) is 0. The number of Topliss-reactive ketones (excluding diaryl/α,β-unsaturated/α-hetero) is 1. The van der Waals surface area contributed by atoms with Gasteiger partial charge < -0.3 is 19.7 Å². The number of hydrogen-bond acceptors (Lipinski definition) is 7. The number of aliphatic hydroxyl groups is 2. The summed E-state index contributed by atoms with van der Waals surface area (Å²) in [5.41, 5.74) is -1.78. The predicted octanol–water partition coefficient (Wildman–Crippen LogP) is 8.20. The van der Waals surface area contributed by atoms with Crippen molar-refractivity contribution in [1.82, 2.24) is 0 Å². The Morgan fingerprint density at radius 1 is 0.830 bits per heavy atom. The van der Waals surface area contributed by atoms with Crippen LogP contribution in [-0.2, 0) is 23.9 Å². The Kier molecular flexibility index (Phi) is 13.0. The lowest BCUT2D eigenvalue weighted by molar-refractivity contribution is -0.220. The largest absolute Gasteiger partial charge is 0.458 e. The zero-order chi connectivity index (χ0) is 34.4. The van der Waals surface area contributed by atoms with E-state index in [9.17, 15) is 24.6 Å². The molecule has 7 nitrogen and oxygen atoms in total. The van der Waals surface area contributed by atoms with Gasteiger partial charge in [-0.3, -0.25) is 14.4 Å². The van der Waals surface area contributed by atoms with Crippen LogP contribution in [0.1, 0.15) is 151 Å². The molecule has 8 atom stereocenters. The van der Waals surface area contributed by atoms with E-state index in [1.807, 2.05) is 32.9 Å². The topological polar surface area (TPSA) is 110 Å². The number of carbonyl (C=O) groups excluding carboxylic acids is 3. The molecule has 4 aliphatic carbocycles. The van der Waals surface area contributed by atoms with Gasteiger partial charge in [0.1, 0.15) is 6.10 Å². The van der Waals surface area contributed by atoms with Gasteiger partial charge in [-0.2, -0.15) is 0 Å². The van der Waals surface area contributed by atoms with E-state index in [-0.39, 0.29) is 36.7 Å². The van der Waals surface area contributed by atoms with Gasteiger partial charge in [0.05, 0.1) is 12.2 Å². The van der Waals surface area contributed by atoms with E-state index in [0.29, 0.717) is 18.4 Å². The fourth-order valence-electron chi connectivity index (χ4n) is 9.65. The molecular weight excluding hydrogens is 592 g/mol. The van der Waals surface area contributed by atoms with Gasteiger partial charge in [0.25, 0.3) is 0 Å². The lowest BCUT2D eigenvalue weighted by atomic mass is 9.60. The monoisotopic (exact) mass is 656 g/mol. The zero-order valence-electron chi connectivity index (χ0n) is 30.3. The van der Waals surface area contributed by atoms with E-state index < -0.39 is 46.4 Å². The number of fused-ring (bicyclic) bond motifs is 5. The Balaban J connectivity index is 1.59. The number of ether oxygens (including phenoxy) is 2. The van der Waals surface area contributed by atoms with Gasteiger partial charge in [0.2, 0.25) is 0 Å². The maximum Gasteiger partial charge on any atom is 0.306 e. The Hall–Kier alpha value is -1.99. The molecular formula is C40H64O7. The molecule has 0 heterocycles. The van der Waals surface area contributed by atoms with Crippen LogP contribution in [0.15, 0.2) is 23.3 Å². The predicted molar refractivity (Wildman–Crippen MR) is 184 cm³/mol. The van der Waals surface area contributed by atoms with Crippen LogP contribution in [0.5, 0.6) is 0 Å². The van der Waals surface area contributed by atoms with E-state index in [4.69, 9.17) is 9.47 Å². The summed E-state index contributed by atoms with van der Waals surface area (Å²) < 4.78 is 12.9. The molecule has 0 aromatic rings. The first-order chi connectivity index (χ1) is 22.4. The molecule has 266 valence electrons. The van der Waals surface area contributed by atoms with Gasteiger partial charge in [-0.1, -0.05) is 124 Å². The number of allylic oxidation sites excluding steroid dienone is 1. The van der Waals surface area contributed by atoms with Crippen LogP contribution in [0.4, 0.5) is 0 Å². The highest BCUT2D eigenvalue weighted by molar-refractivity contribution is 6.00. The van der Waals surface area contributed by atoms with Gasteiger partial charge >= 0.3 is 11.9 Å². The molecule has 7 heteroatoms. The summed E-state index contributed by atoms with van der Waals surface area (Å²) in [4.78, 5) is 40.5. The molecule has 0 amide bonds. The van der Waals surface area contributed by atoms with Crippen LogP contribution in [0.25, 0.3) is 0 Å². The average Bonchev–Trinajstić information content (AvgIpc) is 3.43. The maximum absolute atomic E-state index is 13.6. The molecule has 0 aromatic heterocycles. The maximum atomic E-state index is 13.6. The second kappa shape index (κ2) is 16.1. The smallest absolute Gasteiger partial charge is 0.306 e. The summed E-state index contributed by atoms with van der Waals surface area (Å²) in [6, 6.07) is 0. The molecule has 47 heavy (non-hydrogen) atoms. The second-order valence-electron chi connectivity index (χ2n) is 15.9. The average molecular weight is 657 g/mol. The molecule has 0 aromatic carbocycles.